The largest absolute Gasteiger partial charge is 0.494 e. The lowest BCUT2D eigenvalue weighted by Gasteiger charge is -2.07. The van der Waals surface area contributed by atoms with Gasteiger partial charge in [-0.3, -0.25) is 4.79 Å². The molecule has 0 fully saturated rings. The van der Waals surface area contributed by atoms with Crippen molar-refractivity contribution in [3.8, 4) is 5.75 Å². The summed E-state index contributed by atoms with van der Waals surface area (Å²) in [5.74, 6) is 1.12. The van der Waals surface area contributed by atoms with Crippen LogP contribution in [0.15, 0.2) is 23.4 Å². The van der Waals surface area contributed by atoms with E-state index in [2.05, 4.69) is 14.7 Å². The van der Waals surface area contributed by atoms with Crippen molar-refractivity contribution in [3.05, 3.63) is 18.2 Å². The Balaban J connectivity index is 1.95. The van der Waals surface area contributed by atoms with Gasteiger partial charge in [-0.05, 0) is 25.5 Å². The van der Waals surface area contributed by atoms with Crippen LogP contribution in [0.2, 0.25) is 0 Å². The molecule has 0 spiro atoms. The molecular weight excluding hydrogens is 290 g/mol. The number of hydrogen-bond acceptors (Lipinski definition) is 6. The second kappa shape index (κ2) is 7.33. The van der Waals surface area contributed by atoms with Gasteiger partial charge in [0.15, 0.2) is 5.16 Å². The number of rotatable bonds is 7. The SMILES string of the molecule is CCOc1ccc2nc(SCCC(N)C(=O)OC)[nH]c2c1. The number of benzene rings is 1. The number of imidazole rings is 1. The normalized spacial score (nSPS) is 12.3. The van der Waals surface area contributed by atoms with Crippen molar-refractivity contribution in [1.82, 2.24) is 9.97 Å². The van der Waals surface area contributed by atoms with E-state index in [4.69, 9.17) is 10.5 Å². The standard InChI is InChI=1S/C14H19N3O3S/c1-3-20-9-4-5-11-12(8-9)17-14(16-11)21-7-6-10(15)13(18)19-2/h4-5,8,10H,3,6-7,15H2,1-2H3,(H,16,17). The average molecular weight is 309 g/mol. The number of H-pyrrole nitrogens is 1. The second-order valence-electron chi connectivity index (χ2n) is 4.42. The Kier molecular flexibility index (Phi) is 5.46. The average Bonchev–Trinajstić information content (AvgIpc) is 2.88. The van der Waals surface area contributed by atoms with Gasteiger partial charge in [-0.15, -0.1) is 0 Å². The molecule has 1 aromatic heterocycles. The molecule has 1 unspecified atom stereocenters. The minimum atomic E-state index is -0.587. The number of methoxy groups -OCH3 is 1. The van der Waals surface area contributed by atoms with Crippen molar-refractivity contribution < 1.29 is 14.3 Å². The monoisotopic (exact) mass is 309 g/mol. The Labute approximate surface area is 127 Å². The van der Waals surface area contributed by atoms with Crippen LogP contribution in [0.5, 0.6) is 5.75 Å². The predicted molar refractivity (Wildman–Crippen MR) is 82.6 cm³/mol. The Morgan fingerprint density at radius 2 is 2.33 bits per heavy atom. The van der Waals surface area contributed by atoms with E-state index in [1.807, 2.05) is 25.1 Å². The Hall–Kier alpha value is -1.73. The second-order valence-corrected chi connectivity index (χ2v) is 5.50. The van der Waals surface area contributed by atoms with Gasteiger partial charge < -0.3 is 20.2 Å². The fraction of sp³-hybridized carbons (Fsp3) is 0.429. The Bertz CT molecular complexity index is 615. The van der Waals surface area contributed by atoms with Crippen LogP contribution in [0.1, 0.15) is 13.3 Å². The van der Waals surface area contributed by atoms with Gasteiger partial charge in [-0.1, -0.05) is 11.8 Å². The predicted octanol–water partition coefficient (Wildman–Crippen LogP) is 1.94. The van der Waals surface area contributed by atoms with Crippen LogP contribution in [0.3, 0.4) is 0 Å². The van der Waals surface area contributed by atoms with E-state index >= 15 is 0 Å². The highest BCUT2D eigenvalue weighted by Crippen LogP contribution is 2.23. The lowest BCUT2D eigenvalue weighted by Crippen LogP contribution is -2.31. The van der Waals surface area contributed by atoms with Crippen molar-refractivity contribution in [1.29, 1.82) is 0 Å². The van der Waals surface area contributed by atoms with Crippen molar-refractivity contribution in [2.24, 2.45) is 5.73 Å². The zero-order chi connectivity index (χ0) is 15.2. The van der Waals surface area contributed by atoms with Crippen LogP contribution in [0, 0.1) is 0 Å². The molecule has 0 saturated heterocycles. The van der Waals surface area contributed by atoms with Crippen LogP contribution in [-0.2, 0) is 9.53 Å². The van der Waals surface area contributed by atoms with Crippen molar-refractivity contribution in [2.75, 3.05) is 19.5 Å². The summed E-state index contributed by atoms with van der Waals surface area (Å²) in [4.78, 5) is 18.9. The van der Waals surface area contributed by atoms with Gasteiger partial charge in [0.1, 0.15) is 11.8 Å². The summed E-state index contributed by atoms with van der Waals surface area (Å²) < 4.78 is 10.0. The molecule has 0 aliphatic carbocycles. The quantitative estimate of drug-likeness (QED) is 0.600. The molecule has 1 heterocycles. The van der Waals surface area contributed by atoms with E-state index in [-0.39, 0.29) is 5.97 Å². The number of nitrogens with two attached hydrogens (primary N) is 1. The first-order chi connectivity index (χ1) is 10.1. The smallest absolute Gasteiger partial charge is 0.322 e. The number of carbonyl (C=O) groups is 1. The van der Waals surface area contributed by atoms with E-state index in [9.17, 15) is 4.79 Å². The number of esters is 1. The molecule has 0 bridgehead atoms. The third kappa shape index (κ3) is 4.12. The summed E-state index contributed by atoms with van der Waals surface area (Å²) in [6, 6.07) is 5.15. The summed E-state index contributed by atoms with van der Waals surface area (Å²) in [6.45, 7) is 2.58. The van der Waals surface area contributed by atoms with Gasteiger partial charge in [-0.2, -0.15) is 0 Å². The molecule has 1 aromatic carbocycles. The molecule has 0 amide bonds. The van der Waals surface area contributed by atoms with E-state index in [1.165, 1.54) is 18.9 Å². The first-order valence-electron chi connectivity index (χ1n) is 6.72. The summed E-state index contributed by atoms with van der Waals surface area (Å²) in [5.41, 5.74) is 7.50. The molecule has 1 atom stereocenters. The van der Waals surface area contributed by atoms with Gasteiger partial charge in [0.25, 0.3) is 0 Å². The maximum atomic E-state index is 11.2. The van der Waals surface area contributed by atoms with Crippen LogP contribution >= 0.6 is 11.8 Å². The number of nitrogens with zero attached hydrogens (tertiary/aromatic N) is 1. The number of fused-ring (bicyclic) bond motifs is 1. The topological polar surface area (TPSA) is 90.2 Å². The number of thioether (sulfide) groups is 1. The minimum Gasteiger partial charge on any atom is -0.494 e. The summed E-state index contributed by atoms with van der Waals surface area (Å²) in [5, 5.41) is 0.802. The molecule has 21 heavy (non-hydrogen) atoms. The lowest BCUT2D eigenvalue weighted by atomic mass is 10.2. The van der Waals surface area contributed by atoms with Crippen LogP contribution in [-0.4, -0.2) is 41.4 Å². The zero-order valence-electron chi connectivity index (χ0n) is 12.1. The maximum Gasteiger partial charge on any atom is 0.322 e. The summed E-state index contributed by atoms with van der Waals surface area (Å²) in [7, 11) is 1.34. The van der Waals surface area contributed by atoms with Crippen molar-refractivity contribution in [3.63, 3.8) is 0 Å². The molecule has 7 heteroatoms. The van der Waals surface area contributed by atoms with Crippen LogP contribution in [0.4, 0.5) is 0 Å². The van der Waals surface area contributed by atoms with Crippen LogP contribution in [0.25, 0.3) is 11.0 Å². The van der Waals surface area contributed by atoms with Crippen molar-refractivity contribution in [2.45, 2.75) is 24.5 Å². The molecule has 2 rings (SSSR count). The molecule has 0 radical (unpaired) electrons. The molecular formula is C14H19N3O3S. The minimum absolute atomic E-state index is 0.387. The van der Waals surface area contributed by atoms with E-state index in [0.717, 1.165) is 21.9 Å². The number of ether oxygens (including phenoxy) is 2. The number of carbonyl (C=O) groups excluding carboxylic acids is 1. The number of hydrogen-bond donors (Lipinski definition) is 2. The van der Waals surface area contributed by atoms with E-state index in [0.29, 0.717) is 18.8 Å². The van der Waals surface area contributed by atoms with Gasteiger partial charge in [0.2, 0.25) is 0 Å². The number of aromatic nitrogens is 2. The first-order valence-corrected chi connectivity index (χ1v) is 7.71. The van der Waals surface area contributed by atoms with Gasteiger partial charge >= 0.3 is 5.97 Å². The molecule has 0 aliphatic heterocycles. The summed E-state index contributed by atoms with van der Waals surface area (Å²) >= 11 is 1.53. The summed E-state index contributed by atoms with van der Waals surface area (Å²) in [6.07, 6.45) is 0.540. The zero-order valence-corrected chi connectivity index (χ0v) is 12.9. The molecule has 0 saturated carbocycles. The van der Waals surface area contributed by atoms with Gasteiger partial charge in [0, 0.05) is 11.8 Å². The van der Waals surface area contributed by atoms with E-state index in [1.54, 1.807) is 0 Å². The molecule has 114 valence electrons. The van der Waals surface area contributed by atoms with Gasteiger partial charge in [0.05, 0.1) is 24.8 Å². The third-order valence-corrected chi connectivity index (χ3v) is 3.82. The molecule has 3 N–H and O–H groups in total. The maximum absolute atomic E-state index is 11.2. The highest BCUT2D eigenvalue weighted by atomic mass is 32.2. The number of nitrogens with one attached hydrogen (secondary N) is 1. The molecule has 6 nitrogen and oxygen atoms in total. The van der Waals surface area contributed by atoms with Crippen LogP contribution < -0.4 is 10.5 Å². The fourth-order valence-electron chi connectivity index (χ4n) is 1.84. The molecule has 0 aliphatic rings. The third-order valence-electron chi connectivity index (χ3n) is 2.91. The van der Waals surface area contributed by atoms with Crippen molar-refractivity contribution >= 4 is 28.8 Å². The van der Waals surface area contributed by atoms with Gasteiger partial charge in [-0.25, -0.2) is 4.98 Å². The highest BCUT2D eigenvalue weighted by molar-refractivity contribution is 7.99. The molecule has 2 aromatic rings. The highest BCUT2D eigenvalue weighted by Gasteiger charge is 2.13. The Morgan fingerprint density at radius 1 is 1.52 bits per heavy atom. The number of aromatic amines is 1. The lowest BCUT2D eigenvalue weighted by molar-refractivity contribution is -0.142. The first kappa shape index (κ1) is 15.7. The Morgan fingerprint density at radius 3 is 3.05 bits per heavy atom. The fourth-order valence-corrected chi connectivity index (χ4v) is 2.75. The van der Waals surface area contributed by atoms with E-state index < -0.39 is 6.04 Å².